The summed E-state index contributed by atoms with van der Waals surface area (Å²) in [4.78, 5) is 0. The Bertz CT molecular complexity index is 379. The maximum absolute atomic E-state index is 6.13. The second kappa shape index (κ2) is 10.6. The van der Waals surface area contributed by atoms with E-state index in [1.54, 1.807) is 7.11 Å². The Morgan fingerprint density at radius 3 is 2.52 bits per heavy atom. The lowest BCUT2D eigenvalue weighted by Crippen LogP contribution is -2.29. The van der Waals surface area contributed by atoms with Gasteiger partial charge in [0.25, 0.3) is 0 Å². The van der Waals surface area contributed by atoms with Crippen LogP contribution in [0.1, 0.15) is 58.1 Å². The van der Waals surface area contributed by atoms with Crippen molar-refractivity contribution in [1.29, 1.82) is 0 Å². The van der Waals surface area contributed by atoms with E-state index in [2.05, 4.69) is 32.2 Å². The van der Waals surface area contributed by atoms with Crippen molar-refractivity contribution in [2.45, 2.75) is 58.6 Å². The third-order valence-corrected chi connectivity index (χ3v) is 3.51. The van der Waals surface area contributed by atoms with E-state index in [0.717, 1.165) is 30.9 Å². The Kier molecular flexibility index (Phi) is 9.11. The van der Waals surface area contributed by atoms with Crippen LogP contribution in [0.4, 0.5) is 0 Å². The van der Waals surface area contributed by atoms with Gasteiger partial charge in [0.2, 0.25) is 0 Å². The van der Waals surface area contributed by atoms with Crippen molar-refractivity contribution in [1.82, 2.24) is 5.32 Å². The van der Waals surface area contributed by atoms with Crippen LogP contribution in [0, 0.1) is 0 Å². The van der Waals surface area contributed by atoms with Gasteiger partial charge in [0.1, 0.15) is 5.75 Å². The summed E-state index contributed by atoms with van der Waals surface area (Å²) in [7, 11) is 1.72. The van der Waals surface area contributed by atoms with Crippen molar-refractivity contribution in [3.63, 3.8) is 0 Å². The standard InChI is InChI=1S/C18H31NO2/c1-5-6-7-10-13-21-18(14-19-15(2)3)16-11-8-9-12-17(16)20-4/h8-9,11-12,15,18-19H,5-7,10,13-14H2,1-4H3. The fraction of sp³-hybridized carbons (Fsp3) is 0.667. The molecule has 0 aliphatic rings. The number of hydrogen-bond acceptors (Lipinski definition) is 3. The summed E-state index contributed by atoms with van der Waals surface area (Å²) in [6.07, 6.45) is 4.95. The third kappa shape index (κ3) is 6.96. The van der Waals surface area contributed by atoms with Crippen molar-refractivity contribution in [2.24, 2.45) is 0 Å². The second-order valence-electron chi connectivity index (χ2n) is 5.72. The minimum absolute atomic E-state index is 0.0465. The molecular weight excluding hydrogens is 262 g/mol. The Balaban J connectivity index is 2.62. The summed E-state index contributed by atoms with van der Waals surface area (Å²) in [6.45, 7) is 8.15. The number of benzene rings is 1. The summed E-state index contributed by atoms with van der Waals surface area (Å²) in [5.74, 6) is 0.904. The predicted octanol–water partition coefficient (Wildman–Crippen LogP) is 4.33. The smallest absolute Gasteiger partial charge is 0.124 e. The molecule has 3 heteroatoms. The number of para-hydroxylation sites is 1. The van der Waals surface area contributed by atoms with E-state index in [4.69, 9.17) is 9.47 Å². The van der Waals surface area contributed by atoms with Crippen LogP contribution in [0.25, 0.3) is 0 Å². The highest BCUT2D eigenvalue weighted by Crippen LogP contribution is 2.27. The van der Waals surface area contributed by atoms with Crippen molar-refractivity contribution in [3.8, 4) is 5.75 Å². The molecule has 3 nitrogen and oxygen atoms in total. The van der Waals surface area contributed by atoms with Gasteiger partial charge in [0, 0.05) is 24.8 Å². The molecule has 0 aromatic heterocycles. The lowest BCUT2D eigenvalue weighted by molar-refractivity contribution is 0.0470. The number of ether oxygens (including phenoxy) is 2. The SMILES string of the molecule is CCCCCCOC(CNC(C)C)c1ccccc1OC. The molecule has 21 heavy (non-hydrogen) atoms. The quantitative estimate of drug-likeness (QED) is 0.616. The van der Waals surface area contributed by atoms with Crippen LogP contribution < -0.4 is 10.1 Å². The fourth-order valence-corrected chi connectivity index (χ4v) is 2.29. The van der Waals surface area contributed by atoms with E-state index in [9.17, 15) is 0 Å². The maximum atomic E-state index is 6.13. The molecular formula is C18H31NO2. The first-order valence-electron chi connectivity index (χ1n) is 8.17. The highest BCUT2D eigenvalue weighted by atomic mass is 16.5. The summed E-state index contributed by atoms with van der Waals surface area (Å²) in [5.41, 5.74) is 1.13. The van der Waals surface area contributed by atoms with Gasteiger partial charge in [0.15, 0.2) is 0 Å². The Labute approximate surface area is 130 Å². The molecule has 0 aliphatic heterocycles. The van der Waals surface area contributed by atoms with Gasteiger partial charge in [-0.3, -0.25) is 0 Å². The molecule has 1 unspecified atom stereocenters. The molecule has 0 aliphatic carbocycles. The lowest BCUT2D eigenvalue weighted by atomic mass is 10.1. The van der Waals surface area contributed by atoms with E-state index < -0.39 is 0 Å². The van der Waals surface area contributed by atoms with Crippen molar-refractivity contribution in [2.75, 3.05) is 20.3 Å². The number of methoxy groups -OCH3 is 1. The third-order valence-electron chi connectivity index (χ3n) is 3.51. The Morgan fingerprint density at radius 1 is 1.10 bits per heavy atom. The van der Waals surface area contributed by atoms with Crippen LogP contribution >= 0.6 is 0 Å². The highest BCUT2D eigenvalue weighted by molar-refractivity contribution is 5.35. The van der Waals surface area contributed by atoms with E-state index in [-0.39, 0.29) is 6.10 Å². The van der Waals surface area contributed by atoms with Gasteiger partial charge < -0.3 is 14.8 Å². The van der Waals surface area contributed by atoms with Crippen molar-refractivity contribution >= 4 is 0 Å². The number of unbranched alkanes of at least 4 members (excludes halogenated alkanes) is 3. The minimum atomic E-state index is 0.0465. The van der Waals surface area contributed by atoms with Crippen LogP contribution in [0.5, 0.6) is 5.75 Å². The van der Waals surface area contributed by atoms with Gasteiger partial charge in [0.05, 0.1) is 13.2 Å². The predicted molar refractivity (Wildman–Crippen MR) is 89.0 cm³/mol. The molecule has 0 bridgehead atoms. The first-order chi connectivity index (χ1) is 10.2. The van der Waals surface area contributed by atoms with Gasteiger partial charge in [-0.25, -0.2) is 0 Å². The molecule has 0 saturated carbocycles. The number of hydrogen-bond donors (Lipinski definition) is 1. The molecule has 0 spiro atoms. The molecule has 0 amide bonds. The van der Waals surface area contributed by atoms with Crippen molar-refractivity contribution < 1.29 is 9.47 Å². The largest absolute Gasteiger partial charge is 0.496 e. The zero-order chi connectivity index (χ0) is 15.5. The molecule has 1 aromatic rings. The van der Waals surface area contributed by atoms with Gasteiger partial charge in [-0.2, -0.15) is 0 Å². The second-order valence-corrected chi connectivity index (χ2v) is 5.72. The van der Waals surface area contributed by atoms with Gasteiger partial charge in [-0.05, 0) is 12.5 Å². The molecule has 0 fully saturated rings. The number of rotatable bonds is 11. The van der Waals surface area contributed by atoms with Crippen molar-refractivity contribution in [3.05, 3.63) is 29.8 Å². The normalized spacial score (nSPS) is 12.6. The van der Waals surface area contributed by atoms with Gasteiger partial charge in [-0.1, -0.05) is 58.2 Å². The monoisotopic (exact) mass is 293 g/mol. The molecule has 1 N–H and O–H groups in total. The zero-order valence-electron chi connectivity index (χ0n) is 14.0. The Morgan fingerprint density at radius 2 is 1.86 bits per heavy atom. The van der Waals surface area contributed by atoms with Crippen LogP contribution in [-0.4, -0.2) is 26.3 Å². The first-order valence-corrected chi connectivity index (χ1v) is 8.17. The molecule has 0 heterocycles. The summed E-state index contributed by atoms with van der Waals surface area (Å²) >= 11 is 0. The van der Waals surface area contributed by atoms with Crippen LogP contribution in [0.3, 0.4) is 0 Å². The molecule has 0 saturated heterocycles. The van der Waals surface area contributed by atoms with Gasteiger partial charge in [-0.15, -0.1) is 0 Å². The maximum Gasteiger partial charge on any atom is 0.124 e. The first kappa shape index (κ1) is 18.0. The summed E-state index contributed by atoms with van der Waals surface area (Å²) in [5, 5.41) is 3.47. The fourth-order valence-electron chi connectivity index (χ4n) is 2.29. The van der Waals surface area contributed by atoms with Crippen LogP contribution in [0.2, 0.25) is 0 Å². The van der Waals surface area contributed by atoms with E-state index in [1.807, 2.05) is 18.2 Å². The van der Waals surface area contributed by atoms with Gasteiger partial charge >= 0.3 is 0 Å². The molecule has 1 atom stereocenters. The van der Waals surface area contributed by atoms with Crippen LogP contribution in [-0.2, 0) is 4.74 Å². The molecule has 1 aromatic carbocycles. The minimum Gasteiger partial charge on any atom is -0.496 e. The summed E-state index contributed by atoms with van der Waals surface area (Å²) in [6, 6.07) is 8.58. The Hall–Kier alpha value is -1.06. The average molecular weight is 293 g/mol. The molecule has 1 rings (SSSR count). The average Bonchev–Trinajstić information content (AvgIpc) is 2.50. The highest BCUT2D eigenvalue weighted by Gasteiger charge is 2.16. The lowest BCUT2D eigenvalue weighted by Gasteiger charge is -2.22. The van der Waals surface area contributed by atoms with E-state index in [1.165, 1.54) is 19.3 Å². The topological polar surface area (TPSA) is 30.5 Å². The molecule has 120 valence electrons. The molecule has 0 radical (unpaired) electrons. The van der Waals surface area contributed by atoms with E-state index in [0.29, 0.717) is 6.04 Å². The number of nitrogens with one attached hydrogen (secondary N) is 1. The van der Waals surface area contributed by atoms with E-state index >= 15 is 0 Å². The zero-order valence-corrected chi connectivity index (χ0v) is 14.0. The summed E-state index contributed by atoms with van der Waals surface area (Å²) < 4.78 is 11.6. The van der Waals surface area contributed by atoms with Crippen LogP contribution in [0.15, 0.2) is 24.3 Å².